The maximum atomic E-state index is 12.9. The van der Waals surface area contributed by atoms with Gasteiger partial charge < -0.3 is 24.7 Å². The van der Waals surface area contributed by atoms with Gasteiger partial charge in [0, 0.05) is 40.3 Å². The minimum absolute atomic E-state index is 0.115. The number of carbonyl (C=O) groups excluding carboxylic acids is 4. The first-order chi connectivity index (χ1) is 15.3. The summed E-state index contributed by atoms with van der Waals surface area (Å²) in [7, 11) is 6.00. The van der Waals surface area contributed by atoms with E-state index in [0.717, 1.165) is 0 Å². The molecule has 0 rings (SSSR count). The van der Waals surface area contributed by atoms with Crippen LogP contribution in [0.25, 0.3) is 0 Å². The van der Waals surface area contributed by atoms with Gasteiger partial charge in [0.2, 0.25) is 0 Å². The van der Waals surface area contributed by atoms with Crippen LogP contribution in [-0.2, 0) is 38.1 Å². The molecular formula is C20H36N4O8+2. The first-order valence-electron chi connectivity index (χ1n) is 9.98. The molecule has 0 heterocycles. The minimum atomic E-state index is -0.969. The van der Waals surface area contributed by atoms with E-state index in [4.69, 9.17) is 24.7 Å². The van der Waals surface area contributed by atoms with E-state index in [-0.39, 0.29) is 74.9 Å². The SMILES string of the molecule is COCC[N+](C=O)(CCOC)CN(C[N+](C=O)(CCOC)CCOC)C(=O)C#CC(N)=O. The van der Waals surface area contributed by atoms with Crippen LogP contribution in [0, 0.1) is 11.8 Å². The van der Waals surface area contributed by atoms with E-state index < -0.39 is 11.8 Å². The fourth-order valence-electron chi connectivity index (χ4n) is 2.92. The van der Waals surface area contributed by atoms with Gasteiger partial charge in [0.1, 0.15) is 26.2 Å². The van der Waals surface area contributed by atoms with Crippen molar-refractivity contribution in [3.05, 3.63) is 0 Å². The lowest BCUT2D eigenvalue weighted by molar-refractivity contribution is -0.882. The Morgan fingerprint density at radius 3 is 1.34 bits per heavy atom. The Kier molecular flexibility index (Phi) is 15.0. The molecule has 182 valence electrons. The summed E-state index contributed by atoms with van der Waals surface area (Å²) in [5.74, 6) is 2.48. The molecule has 12 heteroatoms. The third-order valence-electron chi connectivity index (χ3n) is 4.89. The molecule has 0 saturated heterocycles. The molecule has 0 fully saturated rings. The average Bonchev–Trinajstić information content (AvgIpc) is 2.80. The summed E-state index contributed by atoms with van der Waals surface area (Å²) in [6.45, 7) is 1.79. The van der Waals surface area contributed by atoms with E-state index in [1.165, 1.54) is 33.3 Å². The molecule has 4 amide bonds. The van der Waals surface area contributed by atoms with Crippen molar-refractivity contribution in [2.45, 2.75) is 0 Å². The van der Waals surface area contributed by atoms with E-state index in [1.54, 1.807) is 0 Å². The summed E-state index contributed by atoms with van der Waals surface area (Å²) in [6.07, 6.45) is 1.42. The summed E-state index contributed by atoms with van der Waals surface area (Å²) in [4.78, 5) is 49.5. The van der Waals surface area contributed by atoms with Crippen molar-refractivity contribution in [3.63, 3.8) is 0 Å². The molecule has 2 N–H and O–H groups in total. The number of carbonyl (C=O) groups is 4. The third kappa shape index (κ3) is 10.8. The Hall–Kier alpha value is -2.40. The van der Waals surface area contributed by atoms with Gasteiger partial charge in [-0.15, -0.1) is 0 Å². The molecule has 12 nitrogen and oxygen atoms in total. The van der Waals surface area contributed by atoms with E-state index in [2.05, 4.69) is 5.92 Å². The molecule has 0 unspecified atom stereocenters. The monoisotopic (exact) mass is 460 g/mol. The molecule has 0 bridgehead atoms. The molecule has 0 atom stereocenters. The zero-order valence-corrected chi connectivity index (χ0v) is 19.4. The van der Waals surface area contributed by atoms with Crippen molar-refractivity contribution in [1.29, 1.82) is 0 Å². The zero-order chi connectivity index (χ0) is 24.5. The second-order valence-corrected chi connectivity index (χ2v) is 7.26. The quantitative estimate of drug-likeness (QED) is 0.105. The third-order valence-corrected chi connectivity index (χ3v) is 4.89. The average molecular weight is 461 g/mol. The Morgan fingerprint density at radius 1 is 0.750 bits per heavy atom. The number of hydrogen-bond acceptors (Lipinski definition) is 8. The molecule has 0 aromatic carbocycles. The highest BCUT2D eigenvalue weighted by Gasteiger charge is 2.37. The van der Waals surface area contributed by atoms with E-state index in [9.17, 15) is 19.2 Å². The van der Waals surface area contributed by atoms with Gasteiger partial charge in [0.05, 0.1) is 26.4 Å². The zero-order valence-electron chi connectivity index (χ0n) is 19.4. The number of quaternary nitrogens is 2. The number of nitrogens with two attached hydrogens (primary N) is 1. The Labute approximate surface area is 189 Å². The van der Waals surface area contributed by atoms with Crippen LogP contribution in [0.2, 0.25) is 0 Å². The normalized spacial score (nSPS) is 11.4. The molecule has 0 radical (unpaired) electrons. The number of primary amides is 1. The van der Waals surface area contributed by atoms with Gasteiger partial charge in [-0.25, -0.2) is 23.5 Å². The standard InChI is InChI=1S/C20H35N4O8/c1-29-11-7-23(17-25,8-12-30-2)15-22(20(28)6-5-19(21)27)16-24(18-26,9-13-31-3)10-14-32-4/h17-18H,7-16H2,1-4H3,(H-,21,27)/q+1/p+1. The predicted octanol–water partition coefficient (Wildman–Crippen LogP) is -2.25. The molecular weight excluding hydrogens is 424 g/mol. The predicted molar refractivity (Wildman–Crippen MR) is 113 cm³/mol. The largest absolute Gasteiger partial charge is 0.379 e. The van der Waals surface area contributed by atoms with Crippen molar-refractivity contribution >= 4 is 24.6 Å². The van der Waals surface area contributed by atoms with Crippen molar-refractivity contribution in [3.8, 4) is 11.8 Å². The van der Waals surface area contributed by atoms with E-state index in [1.807, 2.05) is 5.92 Å². The van der Waals surface area contributed by atoms with Crippen molar-refractivity contribution < 1.29 is 47.1 Å². The summed E-state index contributed by atoms with van der Waals surface area (Å²) in [6, 6.07) is 0. The fraction of sp³-hybridized carbons (Fsp3) is 0.700. The first kappa shape index (κ1) is 29.6. The molecule has 0 aliphatic rings. The van der Waals surface area contributed by atoms with Gasteiger partial charge in [-0.05, 0) is 0 Å². The summed E-state index contributed by atoms with van der Waals surface area (Å²) in [5.41, 5.74) is 5.04. The number of ether oxygens (including phenoxy) is 4. The Balaban J connectivity index is 6.16. The Bertz CT molecular complexity index is 612. The molecule has 0 spiro atoms. The number of amides is 4. The van der Waals surface area contributed by atoms with E-state index >= 15 is 0 Å². The van der Waals surface area contributed by atoms with Crippen LogP contribution in [0.1, 0.15) is 0 Å². The lowest BCUT2D eigenvalue weighted by Gasteiger charge is -2.39. The van der Waals surface area contributed by atoms with Gasteiger partial charge in [-0.2, -0.15) is 0 Å². The molecule has 0 aromatic heterocycles. The van der Waals surface area contributed by atoms with Gasteiger partial charge in [0.15, 0.2) is 13.3 Å². The van der Waals surface area contributed by atoms with Crippen LogP contribution in [0.15, 0.2) is 0 Å². The van der Waals surface area contributed by atoms with Gasteiger partial charge in [-0.3, -0.25) is 9.59 Å². The highest BCUT2D eigenvalue weighted by molar-refractivity contribution is 6.02. The molecule has 0 aliphatic heterocycles. The first-order valence-corrected chi connectivity index (χ1v) is 9.98. The lowest BCUT2D eigenvalue weighted by Crippen LogP contribution is -2.63. The minimum Gasteiger partial charge on any atom is -0.379 e. The number of hydrogen-bond donors (Lipinski definition) is 1. The summed E-state index contributed by atoms with van der Waals surface area (Å²) in [5, 5.41) is 0. The fourth-order valence-corrected chi connectivity index (χ4v) is 2.92. The maximum absolute atomic E-state index is 12.9. The molecule has 0 aromatic rings. The van der Waals surface area contributed by atoms with E-state index in [0.29, 0.717) is 12.8 Å². The van der Waals surface area contributed by atoms with Crippen LogP contribution in [0.3, 0.4) is 0 Å². The van der Waals surface area contributed by atoms with Gasteiger partial charge in [0.25, 0.3) is 5.91 Å². The molecule has 0 aliphatic carbocycles. The second-order valence-electron chi connectivity index (χ2n) is 7.26. The van der Waals surface area contributed by atoms with Crippen molar-refractivity contribution in [2.75, 3.05) is 94.4 Å². The number of rotatable bonds is 18. The van der Waals surface area contributed by atoms with Crippen LogP contribution in [-0.4, -0.2) is 133 Å². The Morgan fingerprint density at radius 2 is 1.09 bits per heavy atom. The van der Waals surface area contributed by atoms with Crippen LogP contribution in [0.5, 0.6) is 0 Å². The molecule has 0 saturated carbocycles. The van der Waals surface area contributed by atoms with Crippen molar-refractivity contribution in [2.24, 2.45) is 5.73 Å². The lowest BCUT2D eigenvalue weighted by atomic mass is 10.3. The van der Waals surface area contributed by atoms with Gasteiger partial charge in [-0.1, -0.05) is 0 Å². The van der Waals surface area contributed by atoms with Crippen molar-refractivity contribution in [1.82, 2.24) is 4.90 Å². The smallest absolute Gasteiger partial charge is 0.307 e. The maximum Gasteiger partial charge on any atom is 0.307 e. The van der Waals surface area contributed by atoms with Gasteiger partial charge >= 0.3 is 18.7 Å². The topological polar surface area (TPSA) is 134 Å². The molecule has 32 heavy (non-hydrogen) atoms. The summed E-state index contributed by atoms with van der Waals surface area (Å²) >= 11 is 0. The van der Waals surface area contributed by atoms with Crippen LogP contribution < -0.4 is 5.73 Å². The number of methoxy groups -OCH3 is 4. The highest BCUT2D eigenvalue weighted by atomic mass is 16.5. The number of nitrogens with zero attached hydrogens (tertiary/aromatic N) is 3. The van der Waals surface area contributed by atoms with Crippen LogP contribution in [0.4, 0.5) is 0 Å². The van der Waals surface area contributed by atoms with Crippen LogP contribution >= 0.6 is 0 Å². The highest BCUT2D eigenvalue weighted by Crippen LogP contribution is 2.12. The summed E-state index contributed by atoms with van der Waals surface area (Å²) < 4.78 is 20.1. The second kappa shape index (κ2) is 16.3.